The number of nitrogens with one attached hydrogen (secondary N) is 2. The molecular weight excluding hydrogens is 308 g/mol. The molecular formula is C16H16N6O2. The Morgan fingerprint density at radius 1 is 1.29 bits per heavy atom. The van der Waals surface area contributed by atoms with Gasteiger partial charge in [-0.05, 0) is 12.1 Å². The number of amides is 2. The minimum absolute atomic E-state index is 0.286. The Kier molecular flexibility index (Phi) is 3.42. The molecule has 8 nitrogen and oxygen atoms in total. The molecule has 0 saturated heterocycles. The number of benzene rings is 1. The summed E-state index contributed by atoms with van der Waals surface area (Å²) in [4.78, 5) is 17.5. The molecule has 0 unspecified atom stereocenters. The zero-order valence-corrected chi connectivity index (χ0v) is 13.1. The minimum Gasteiger partial charge on any atom is -0.444 e. The Labute approximate surface area is 138 Å². The van der Waals surface area contributed by atoms with Gasteiger partial charge in [0.25, 0.3) is 0 Å². The summed E-state index contributed by atoms with van der Waals surface area (Å²) in [5, 5.41) is 9.61. The summed E-state index contributed by atoms with van der Waals surface area (Å²) in [6, 6.07) is 9.63. The molecule has 24 heavy (non-hydrogen) atoms. The second kappa shape index (κ2) is 5.73. The van der Waals surface area contributed by atoms with Crippen LogP contribution < -0.4 is 15.5 Å². The van der Waals surface area contributed by atoms with Crippen LogP contribution in [0.1, 0.15) is 0 Å². The number of urea groups is 1. The van der Waals surface area contributed by atoms with E-state index >= 15 is 0 Å². The molecule has 0 atom stereocenters. The van der Waals surface area contributed by atoms with Crippen LogP contribution in [0, 0.1) is 0 Å². The van der Waals surface area contributed by atoms with E-state index in [2.05, 4.69) is 31.7 Å². The van der Waals surface area contributed by atoms with Gasteiger partial charge in [-0.25, -0.2) is 14.5 Å². The molecule has 8 heteroatoms. The third-order valence-electron chi connectivity index (χ3n) is 3.91. The third kappa shape index (κ3) is 2.47. The molecule has 1 aliphatic heterocycles. The summed E-state index contributed by atoms with van der Waals surface area (Å²) in [6.45, 7) is 1.58. The van der Waals surface area contributed by atoms with Crippen molar-refractivity contribution >= 4 is 23.4 Å². The molecule has 3 aromatic rings. The molecule has 0 spiro atoms. The van der Waals surface area contributed by atoms with Crippen molar-refractivity contribution in [1.29, 1.82) is 0 Å². The predicted octanol–water partition coefficient (Wildman–Crippen LogP) is 2.44. The average Bonchev–Trinajstić information content (AvgIpc) is 3.31. The zero-order valence-electron chi connectivity index (χ0n) is 13.1. The molecule has 2 amide bonds. The normalized spacial score (nSPS) is 13.0. The first-order valence-electron chi connectivity index (χ1n) is 7.57. The van der Waals surface area contributed by atoms with E-state index in [1.165, 1.54) is 6.39 Å². The van der Waals surface area contributed by atoms with E-state index in [0.29, 0.717) is 5.82 Å². The van der Waals surface area contributed by atoms with Crippen molar-refractivity contribution < 1.29 is 9.21 Å². The summed E-state index contributed by atoms with van der Waals surface area (Å²) in [6.07, 6.45) is 3.11. The Balaban J connectivity index is 1.63. The van der Waals surface area contributed by atoms with Gasteiger partial charge in [0, 0.05) is 30.9 Å². The highest BCUT2D eigenvalue weighted by Gasteiger charge is 2.23. The topological polar surface area (TPSA) is 88.2 Å². The number of aromatic nitrogens is 3. The Hall–Kier alpha value is -3.29. The van der Waals surface area contributed by atoms with Crippen LogP contribution in [0.3, 0.4) is 0 Å². The highest BCUT2D eigenvalue weighted by Crippen LogP contribution is 2.33. The second-order valence-electron chi connectivity index (χ2n) is 5.38. The molecule has 2 aromatic heterocycles. The summed E-state index contributed by atoms with van der Waals surface area (Å²) in [5.41, 5.74) is 2.00. The van der Waals surface area contributed by atoms with Crippen LogP contribution in [0.4, 0.5) is 22.1 Å². The maximum absolute atomic E-state index is 11.4. The van der Waals surface area contributed by atoms with Crippen LogP contribution in [0.25, 0.3) is 11.3 Å². The lowest BCUT2D eigenvalue weighted by atomic mass is 10.1. The van der Waals surface area contributed by atoms with Gasteiger partial charge < -0.3 is 14.6 Å². The van der Waals surface area contributed by atoms with Crippen molar-refractivity contribution in [1.82, 2.24) is 20.1 Å². The molecule has 0 saturated carbocycles. The van der Waals surface area contributed by atoms with Crippen LogP contribution in [-0.4, -0.2) is 34.4 Å². The van der Waals surface area contributed by atoms with Gasteiger partial charge in [-0.3, -0.25) is 5.32 Å². The van der Waals surface area contributed by atoms with Gasteiger partial charge in [0.05, 0.1) is 12.7 Å². The highest BCUT2D eigenvalue weighted by molar-refractivity contribution is 5.88. The lowest BCUT2D eigenvalue weighted by molar-refractivity contribution is 0.254. The first-order valence-corrected chi connectivity index (χ1v) is 7.57. The smallest absolute Gasteiger partial charge is 0.320 e. The lowest BCUT2D eigenvalue weighted by Gasteiger charge is -2.17. The number of anilines is 3. The molecule has 1 aliphatic rings. The number of oxazole rings is 1. The highest BCUT2D eigenvalue weighted by atomic mass is 16.3. The molecule has 1 aromatic carbocycles. The molecule has 122 valence electrons. The number of nitrogens with zero attached hydrogens (tertiary/aromatic N) is 4. The molecule has 3 heterocycles. The molecule has 0 bridgehead atoms. The molecule has 0 aliphatic carbocycles. The lowest BCUT2D eigenvalue weighted by Crippen LogP contribution is -2.24. The van der Waals surface area contributed by atoms with Crippen molar-refractivity contribution in [3.05, 3.63) is 42.9 Å². The number of rotatable bonds is 3. The van der Waals surface area contributed by atoms with Crippen LogP contribution in [0.15, 0.2) is 47.3 Å². The van der Waals surface area contributed by atoms with Gasteiger partial charge in [0.15, 0.2) is 18.0 Å². The van der Waals surface area contributed by atoms with Gasteiger partial charge in [-0.1, -0.05) is 12.1 Å². The summed E-state index contributed by atoms with van der Waals surface area (Å²) in [7, 11) is 1.57. The van der Waals surface area contributed by atoms with E-state index in [9.17, 15) is 4.79 Å². The van der Waals surface area contributed by atoms with Crippen LogP contribution >= 0.6 is 0 Å². The quantitative estimate of drug-likeness (QED) is 0.772. The fourth-order valence-corrected chi connectivity index (χ4v) is 2.78. The Bertz CT molecular complexity index is 871. The SMILES string of the molecule is CNC(=O)Nc1cc2n(n1)CCN2c1cccc(-c2cnco2)c1. The van der Waals surface area contributed by atoms with Gasteiger partial charge >= 0.3 is 6.03 Å². The summed E-state index contributed by atoms with van der Waals surface area (Å²) < 4.78 is 7.25. The van der Waals surface area contributed by atoms with Gasteiger partial charge in [0.2, 0.25) is 0 Å². The number of hydrogen-bond donors (Lipinski definition) is 2. The van der Waals surface area contributed by atoms with E-state index in [-0.39, 0.29) is 6.03 Å². The Morgan fingerprint density at radius 3 is 3.00 bits per heavy atom. The molecule has 4 rings (SSSR count). The van der Waals surface area contributed by atoms with E-state index in [1.807, 2.05) is 28.9 Å². The monoisotopic (exact) mass is 324 g/mol. The van der Waals surface area contributed by atoms with Crippen molar-refractivity contribution in [3.63, 3.8) is 0 Å². The average molecular weight is 324 g/mol. The van der Waals surface area contributed by atoms with Crippen LogP contribution in [0.5, 0.6) is 0 Å². The van der Waals surface area contributed by atoms with Crippen molar-refractivity contribution in [2.75, 3.05) is 23.8 Å². The van der Waals surface area contributed by atoms with Crippen LogP contribution in [0.2, 0.25) is 0 Å². The number of carbonyl (C=O) groups is 1. The predicted molar refractivity (Wildman–Crippen MR) is 89.3 cm³/mol. The van der Waals surface area contributed by atoms with E-state index < -0.39 is 0 Å². The maximum atomic E-state index is 11.4. The summed E-state index contributed by atoms with van der Waals surface area (Å²) >= 11 is 0. The number of carbonyl (C=O) groups excluding carboxylic acids is 1. The zero-order chi connectivity index (χ0) is 16.5. The van der Waals surface area contributed by atoms with Gasteiger partial charge in [-0.15, -0.1) is 0 Å². The fourth-order valence-electron chi connectivity index (χ4n) is 2.78. The molecule has 2 N–H and O–H groups in total. The standard InChI is InChI=1S/C16H16N6O2/c1-17-16(23)19-14-8-15-21(5-6-22(15)20-14)12-4-2-3-11(7-12)13-9-18-10-24-13/h2-4,7-10H,5-6H2,1H3,(H2,17,19,20,23). The van der Waals surface area contributed by atoms with E-state index in [1.54, 1.807) is 13.2 Å². The fraction of sp³-hybridized carbons (Fsp3) is 0.188. The molecule has 0 radical (unpaired) electrons. The number of fused-ring (bicyclic) bond motifs is 1. The van der Waals surface area contributed by atoms with Gasteiger partial charge in [0.1, 0.15) is 5.82 Å². The first-order chi connectivity index (χ1) is 11.7. The van der Waals surface area contributed by atoms with E-state index in [4.69, 9.17) is 4.42 Å². The third-order valence-corrected chi connectivity index (χ3v) is 3.91. The van der Waals surface area contributed by atoms with Gasteiger partial charge in [-0.2, -0.15) is 5.10 Å². The first kappa shape index (κ1) is 14.3. The Morgan fingerprint density at radius 2 is 2.21 bits per heavy atom. The van der Waals surface area contributed by atoms with Crippen molar-refractivity contribution in [3.8, 4) is 11.3 Å². The minimum atomic E-state index is -0.286. The number of hydrogen-bond acceptors (Lipinski definition) is 5. The molecule has 0 fully saturated rings. The van der Waals surface area contributed by atoms with Crippen LogP contribution in [-0.2, 0) is 6.54 Å². The van der Waals surface area contributed by atoms with E-state index in [0.717, 1.165) is 35.9 Å². The summed E-state index contributed by atoms with van der Waals surface area (Å²) in [5.74, 6) is 2.20. The van der Waals surface area contributed by atoms with Crippen molar-refractivity contribution in [2.45, 2.75) is 6.54 Å². The maximum Gasteiger partial charge on any atom is 0.320 e. The largest absolute Gasteiger partial charge is 0.444 e. The van der Waals surface area contributed by atoms with Crippen molar-refractivity contribution in [2.24, 2.45) is 0 Å². The second-order valence-corrected chi connectivity index (χ2v) is 5.38.